The maximum Gasteiger partial charge on any atom is 0.305 e. The van der Waals surface area contributed by atoms with Crippen LogP contribution in [0, 0.1) is 0 Å². The number of pyridine rings is 1. The standard InChI is InChI=1S/C13H17N3O2/c1-2-18-13(17)7-4-8-14-11-5-3-6-12-15-9-10-16(11)12/h3,5-6,9-10,14H,2,4,7-8H2,1H3. The largest absolute Gasteiger partial charge is 0.466 e. The maximum absolute atomic E-state index is 11.2. The first-order chi connectivity index (χ1) is 8.81. The molecule has 2 aromatic heterocycles. The lowest BCUT2D eigenvalue weighted by Gasteiger charge is -2.08. The summed E-state index contributed by atoms with van der Waals surface area (Å²) in [6.45, 7) is 2.99. The monoisotopic (exact) mass is 247 g/mol. The molecule has 0 unspecified atom stereocenters. The minimum atomic E-state index is -0.139. The lowest BCUT2D eigenvalue weighted by atomic mass is 10.3. The van der Waals surface area contributed by atoms with Gasteiger partial charge in [-0.1, -0.05) is 6.07 Å². The highest BCUT2D eigenvalue weighted by Gasteiger charge is 2.02. The third-order valence-corrected chi connectivity index (χ3v) is 2.60. The van der Waals surface area contributed by atoms with E-state index in [0.717, 1.165) is 24.4 Å². The summed E-state index contributed by atoms with van der Waals surface area (Å²) in [5, 5.41) is 3.29. The van der Waals surface area contributed by atoms with E-state index in [9.17, 15) is 4.79 Å². The van der Waals surface area contributed by atoms with Gasteiger partial charge in [-0.3, -0.25) is 9.20 Å². The number of aromatic nitrogens is 2. The van der Waals surface area contributed by atoms with E-state index in [-0.39, 0.29) is 5.97 Å². The number of nitrogens with one attached hydrogen (secondary N) is 1. The molecule has 0 fully saturated rings. The molecule has 96 valence electrons. The number of nitrogens with zero attached hydrogens (tertiary/aromatic N) is 2. The predicted molar refractivity (Wildman–Crippen MR) is 69.5 cm³/mol. The Kier molecular flexibility index (Phi) is 4.17. The van der Waals surface area contributed by atoms with Gasteiger partial charge in [0.2, 0.25) is 0 Å². The Bertz CT molecular complexity index is 522. The van der Waals surface area contributed by atoms with Crippen LogP contribution >= 0.6 is 0 Å². The van der Waals surface area contributed by atoms with Crippen molar-refractivity contribution in [2.45, 2.75) is 19.8 Å². The molecule has 0 saturated carbocycles. The van der Waals surface area contributed by atoms with E-state index in [1.54, 1.807) is 6.20 Å². The Morgan fingerprint density at radius 2 is 2.39 bits per heavy atom. The lowest BCUT2D eigenvalue weighted by molar-refractivity contribution is -0.143. The molecular weight excluding hydrogens is 230 g/mol. The van der Waals surface area contributed by atoms with Crippen molar-refractivity contribution in [2.75, 3.05) is 18.5 Å². The average molecular weight is 247 g/mol. The molecule has 1 N–H and O–H groups in total. The normalized spacial score (nSPS) is 10.5. The Labute approximate surface area is 106 Å². The van der Waals surface area contributed by atoms with E-state index in [2.05, 4.69) is 10.3 Å². The molecule has 0 aliphatic rings. The van der Waals surface area contributed by atoms with Gasteiger partial charge in [0, 0.05) is 25.4 Å². The summed E-state index contributed by atoms with van der Waals surface area (Å²) in [5.74, 6) is 0.842. The number of carbonyl (C=O) groups excluding carboxylic acids is 1. The summed E-state index contributed by atoms with van der Waals surface area (Å²) in [6.07, 6.45) is 4.87. The summed E-state index contributed by atoms with van der Waals surface area (Å²) in [4.78, 5) is 15.4. The number of anilines is 1. The zero-order valence-corrected chi connectivity index (χ0v) is 10.4. The average Bonchev–Trinajstić information content (AvgIpc) is 2.84. The first kappa shape index (κ1) is 12.4. The Balaban J connectivity index is 1.83. The van der Waals surface area contributed by atoms with E-state index >= 15 is 0 Å². The molecular formula is C13H17N3O2. The highest BCUT2D eigenvalue weighted by Crippen LogP contribution is 2.10. The first-order valence-corrected chi connectivity index (χ1v) is 6.13. The molecule has 0 aliphatic heterocycles. The quantitative estimate of drug-likeness (QED) is 0.627. The molecule has 5 heteroatoms. The molecule has 0 aliphatic carbocycles. The molecule has 0 radical (unpaired) electrons. The second-order valence-electron chi connectivity index (χ2n) is 3.90. The van der Waals surface area contributed by atoms with Crippen LogP contribution in [0.25, 0.3) is 5.65 Å². The van der Waals surface area contributed by atoms with Crippen molar-refractivity contribution in [3.63, 3.8) is 0 Å². The number of rotatable bonds is 6. The van der Waals surface area contributed by atoms with Crippen LogP contribution in [0.3, 0.4) is 0 Å². The highest BCUT2D eigenvalue weighted by molar-refractivity contribution is 5.69. The number of ether oxygens (including phenoxy) is 1. The van der Waals surface area contributed by atoms with Crippen LogP contribution in [-0.4, -0.2) is 28.5 Å². The molecule has 2 aromatic rings. The van der Waals surface area contributed by atoms with Gasteiger partial charge < -0.3 is 10.1 Å². The molecule has 5 nitrogen and oxygen atoms in total. The smallest absolute Gasteiger partial charge is 0.305 e. The number of hydrogen-bond acceptors (Lipinski definition) is 4. The van der Waals surface area contributed by atoms with Crippen molar-refractivity contribution in [1.29, 1.82) is 0 Å². The van der Waals surface area contributed by atoms with Gasteiger partial charge in [-0.15, -0.1) is 0 Å². The summed E-state index contributed by atoms with van der Waals surface area (Å²) in [5.41, 5.74) is 0.908. The highest BCUT2D eigenvalue weighted by atomic mass is 16.5. The first-order valence-electron chi connectivity index (χ1n) is 6.13. The van der Waals surface area contributed by atoms with Crippen molar-refractivity contribution in [3.05, 3.63) is 30.6 Å². The molecule has 2 heterocycles. The molecule has 2 rings (SSSR count). The van der Waals surface area contributed by atoms with Crippen LogP contribution in [0.15, 0.2) is 30.6 Å². The van der Waals surface area contributed by atoms with Gasteiger partial charge in [0.25, 0.3) is 0 Å². The zero-order valence-electron chi connectivity index (χ0n) is 10.4. The third-order valence-electron chi connectivity index (χ3n) is 2.60. The summed E-state index contributed by atoms with van der Waals surface area (Å²) < 4.78 is 6.85. The zero-order chi connectivity index (χ0) is 12.8. The number of fused-ring (bicyclic) bond motifs is 1. The van der Waals surface area contributed by atoms with E-state index in [1.165, 1.54) is 0 Å². The molecule has 0 bridgehead atoms. The summed E-state index contributed by atoms with van der Waals surface area (Å²) in [6, 6.07) is 5.89. The van der Waals surface area contributed by atoms with Crippen LogP contribution in [-0.2, 0) is 9.53 Å². The number of hydrogen-bond donors (Lipinski definition) is 1. The second kappa shape index (κ2) is 6.05. The van der Waals surface area contributed by atoms with Gasteiger partial charge >= 0.3 is 5.97 Å². The Morgan fingerprint density at radius 1 is 1.50 bits per heavy atom. The molecule has 0 aromatic carbocycles. The van der Waals surface area contributed by atoms with Crippen LogP contribution in [0.2, 0.25) is 0 Å². The maximum atomic E-state index is 11.2. The van der Waals surface area contributed by atoms with Gasteiger partial charge in [-0.05, 0) is 25.5 Å². The van der Waals surface area contributed by atoms with Crippen molar-refractivity contribution in [1.82, 2.24) is 9.38 Å². The number of carbonyl (C=O) groups is 1. The SMILES string of the molecule is CCOC(=O)CCCNc1cccc2nccn12. The molecule has 0 atom stereocenters. The predicted octanol–water partition coefficient (Wildman–Crippen LogP) is 2.09. The fourth-order valence-corrected chi connectivity index (χ4v) is 1.77. The fraction of sp³-hybridized carbons (Fsp3) is 0.385. The number of esters is 1. The minimum Gasteiger partial charge on any atom is -0.466 e. The second-order valence-corrected chi connectivity index (χ2v) is 3.90. The van der Waals surface area contributed by atoms with Crippen LogP contribution in [0.5, 0.6) is 0 Å². The molecule has 0 spiro atoms. The van der Waals surface area contributed by atoms with Crippen LogP contribution in [0.4, 0.5) is 5.82 Å². The van der Waals surface area contributed by atoms with E-state index in [0.29, 0.717) is 13.0 Å². The Hall–Kier alpha value is -2.04. The topological polar surface area (TPSA) is 55.6 Å². The van der Waals surface area contributed by atoms with Gasteiger partial charge in [0.1, 0.15) is 11.5 Å². The molecule has 0 saturated heterocycles. The van der Waals surface area contributed by atoms with Crippen molar-refractivity contribution >= 4 is 17.4 Å². The molecule has 0 amide bonds. The van der Waals surface area contributed by atoms with Gasteiger partial charge in [0.15, 0.2) is 0 Å². The Morgan fingerprint density at radius 3 is 3.22 bits per heavy atom. The third kappa shape index (κ3) is 3.00. The fourth-order valence-electron chi connectivity index (χ4n) is 1.77. The van der Waals surface area contributed by atoms with Gasteiger partial charge in [-0.25, -0.2) is 4.98 Å². The minimum absolute atomic E-state index is 0.139. The van der Waals surface area contributed by atoms with Crippen molar-refractivity contribution in [2.24, 2.45) is 0 Å². The molecule has 18 heavy (non-hydrogen) atoms. The lowest BCUT2D eigenvalue weighted by Crippen LogP contribution is -2.09. The van der Waals surface area contributed by atoms with E-state index < -0.39 is 0 Å². The summed E-state index contributed by atoms with van der Waals surface area (Å²) >= 11 is 0. The van der Waals surface area contributed by atoms with Crippen LogP contribution < -0.4 is 5.32 Å². The van der Waals surface area contributed by atoms with E-state index in [4.69, 9.17) is 4.74 Å². The van der Waals surface area contributed by atoms with Gasteiger partial charge in [-0.2, -0.15) is 0 Å². The number of imidazole rings is 1. The van der Waals surface area contributed by atoms with Gasteiger partial charge in [0.05, 0.1) is 6.61 Å². The van der Waals surface area contributed by atoms with Crippen LogP contribution in [0.1, 0.15) is 19.8 Å². The van der Waals surface area contributed by atoms with Crippen molar-refractivity contribution < 1.29 is 9.53 Å². The van der Waals surface area contributed by atoms with E-state index in [1.807, 2.05) is 35.7 Å². The summed E-state index contributed by atoms with van der Waals surface area (Å²) in [7, 11) is 0. The van der Waals surface area contributed by atoms with Crippen molar-refractivity contribution in [3.8, 4) is 0 Å².